The van der Waals surface area contributed by atoms with Crippen molar-refractivity contribution < 1.29 is 34.3 Å². The van der Waals surface area contributed by atoms with E-state index in [1.165, 1.54) is 0 Å². The molecule has 0 fully saturated rings. The number of rotatable bonds is 3. The maximum absolute atomic E-state index is 9.67. The van der Waals surface area contributed by atoms with Gasteiger partial charge < -0.3 is 0 Å². The fourth-order valence-electron chi connectivity index (χ4n) is 4.60. The van der Waals surface area contributed by atoms with E-state index in [0.717, 1.165) is 6.07 Å². The van der Waals surface area contributed by atoms with Gasteiger partial charge in [0.05, 0.1) is 34.3 Å². The van der Waals surface area contributed by atoms with Crippen molar-refractivity contribution in [2.24, 2.45) is 0 Å². The molecule has 0 nitrogen and oxygen atoms in total. The van der Waals surface area contributed by atoms with Crippen LogP contribution in [0.4, 0.5) is 0 Å². The van der Waals surface area contributed by atoms with Crippen molar-refractivity contribution in [1.29, 1.82) is 0 Å². The average Bonchev–Trinajstić information content (AvgIpc) is 3.26. The third kappa shape index (κ3) is 3.69. The molecule has 0 aliphatic heterocycles. The number of benzene rings is 8. The van der Waals surface area contributed by atoms with Crippen molar-refractivity contribution in [2.45, 2.75) is 0 Å². The van der Waals surface area contributed by atoms with Crippen molar-refractivity contribution >= 4 is 43.1 Å². The van der Waals surface area contributed by atoms with E-state index < -0.39 is 228 Å². The van der Waals surface area contributed by atoms with Crippen molar-refractivity contribution in [3.63, 3.8) is 0 Å². The van der Waals surface area contributed by atoms with Gasteiger partial charge in [-0.15, -0.1) is 0 Å². The molecule has 0 atom stereocenters. The molecule has 0 N–H and O–H groups in total. The molecule has 8 rings (SSSR count). The molecule has 0 aliphatic carbocycles. The van der Waals surface area contributed by atoms with Crippen LogP contribution in [0.2, 0.25) is 0 Å². The van der Waals surface area contributed by atoms with Gasteiger partial charge in [-0.3, -0.25) is 0 Å². The monoisotopic (exact) mass is 531 g/mol. The molecule has 0 radical (unpaired) electrons. The Hall–Kier alpha value is -5.20. The predicted molar refractivity (Wildman–Crippen MR) is 173 cm³/mol. The summed E-state index contributed by atoms with van der Waals surface area (Å²) in [6.07, 6.45) is 0. The highest BCUT2D eigenvalue weighted by Gasteiger charge is 2.17. The van der Waals surface area contributed by atoms with E-state index >= 15 is 0 Å². The maximum Gasteiger partial charge on any atom is 0.0636 e. The van der Waals surface area contributed by atoms with Crippen LogP contribution in [-0.2, 0) is 0 Å². The van der Waals surface area contributed by atoms with Crippen LogP contribution in [0.25, 0.3) is 76.5 Å². The molecule has 0 unspecified atom stereocenters. The van der Waals surface area contributed by atoms with Gasteiger partial charge in [-0.25, -0.2) is 0 Å². The first-order valence-corrected chi connectivity index (χ1v) is 11.8. The Morgan fingerprint density at radius 1 is 0.300 bits per heavy atom. The molecule has 0 amide bonds. The first-order chi connectivity index (χ1) is 30.3. The summed E-state index contributed by atoms with van der Waals surface area (Å²) < 4.78 is 221. The Morgan fingerprint density at radius 2 is 0.750 bits per heavy atom. The van der Waals surface area contributed by atoms with E-state index in [1.807, 2.05) is 0 Å². The van der Waals surface area contributed by atoms with Crippen LogP contribution >= 0.6 is 0 Å². The molecule has 8 aromatic carbocycles. The van der Waals surface area contributed by atoms with E-state index in [9.17, 15) is 9.60 Å². The number of fused-ring (bicyclic) bond motifs is 4. The fourth-order valence-corrected chi connectivity index (χ4v) is 4.60. The van der Waals surface area contributed by atoms with E-state index in [-0.39, 0.29) is 0 Å². The van der Waals surface area contributed by atoms with Crippen LogP contribution in [0.15, 0.2) is 157 Å². The van der Waals surface area contributed by atoms with Crippen LogP contribution in [0.5, 0.6) is 0 Å². The minimum Gasteiger partial charge on any atom is -0.0616 e. The first kappa shape index (κ1) is 8.91. The zero-order valence-corrected chi connectivity index (χ0v) is 20.1. The van der Waals surface area contributed by atoms with Crippen LogP contribution in [0.1, 0.15) is 34.3 Å². The van der Waals surface area contributed by atoms with Crippen LogP contribution in [0, 0.1) is 0 Å². The quantitative estimate of drug-likeness (QED) is 0.199. The van der Waals surface area contributed by atoms with Crippen LogP contribution in [-0.4, -0.2) is 0 Å². The SMILES string of the molecule is [2H]c1cc2c(-c3c([2H])c([2H])c([2H])c(-c4c([2H])c([2H])c5c([2H])c([2H])c([2H])c([2H])c5c4[2H])c3[2H])c3c([2H])c([2H])c([2H])c([2H])c3c(-c3c([2H])c([2H])c4c([2H])c([2H])c([2H])c([2H])c4c3[2H])c2c([2H])c1[2H]. The van der Waals surface area contributed by atoms with Gasteiger partial charge in [0.1, 0.15) is 0 Å². The first-order valence-electron chi connectivity index (χ1n) is 24.3. The highest BCUT2D eigenvalue weighted by molar-refractivity contribution is 6.21. The molecule has 0 aromatic heterocycles. The fraction of sp³-hybridized carbons (Fsp3) is 0. The molecule has 186 valence electrons. The molecular weight excluding hydrogens is 480 g/mol. The molecule has 0 heteroatoms. The summed E-state index contributed by atoms with van der Waals surface area (Å²) in [5.74, 6) is 0. The van der Waals surface area contributed by atoms with Crippen LogP contribution in [0.3, 0.4) is 0 Å². The predicted octanol–water partition coefficient (Wildman–Crippen LogP) is 11.3. The molecule has 0 heterocycles. The van der Waals surface area contributed by atoms with Crippen molar-refractivity contribution in [3.05, 3.63) is 157 Å². The Morgan fingerprint density at radius 3 is 1.45 bits per heavy atom. The van der Waals surface area contributed by atoms with Crippen molar-refractivity contribution in [1.82, 2.24) is 0 Å². The summed E-state index contributed by atoms with van der Waals surface area (Å²) in [5.41, 5.74) is -4.16. The second-order valence-corrected chi connectivity index (χ2v) is 8.58. The Balaban J connectivity index is 1.69. The van der Waals surface area contributed by atoms with E-state index in [1.54, 1.807) is 0 Å². The lowest BCUT2D eigenvalue weighted by atomic mass is 9.85. The summed E-state index contributed by atoms with van der Waals surface area (Å²) in [6, 6.07) is -20.6. The average molecular weight is 532 g/mol. The van der Waals surface area contributed by atoms with Gasteiger partial charge in [-0.2, -0.15) is 0 Å². The number of hydrogen-bond donors (Lipinski definition) is 0. The normalized spacial score (nSPS) is 20.2. The third-order valence-electron chi connectivity index (χ3n) is 6.33. The standard InChI is InChI=1S/C40H26/c1-3-12-29-24-32(22-20-27(29)10-1)31-14-9-15-33(26-31)39-35-16-5-7-18-37(35)40(38-19-8-6-17-36(38)39)34-23-21-28-11-2-4-13-30(28)25-34/h1-26H/i1D,2D,3D,4D,5D,6D,7D,8D,9D,10D,11D,12D,13D,14D,15D,16D,18D,19D,20D,21D,22D,23D,24D,25D,26D. The van der Waals surface area contributed by atoms with Crippen molar-refractivity contribution in [3.8, 4) is 33.4 Å². The van der Waals surface area contributed by atoms with Gasteiger partial charge in [0.2, 0.25) is 0 Å². The number of hydrogen-bond acceptors (Lipinski definition) is 0. The molecule has 0 saturated carbocycles. The van der Waals surface area contributed by atoms with Crippen molar-refractivity contribution in [2.75, 3.05) is 0 Å². The largest absolute Gasteiger partial charge is 0.0636 e. The summed E-state index contributed by atoms with van der Waals surface area (Å²) >= 11 is 0. The Labute approximate surface area is 268 Å². The molecule has 0 saturated heterocycles. The second-order valence-electron chi connectivity index (χ2n) is 8.58. The molecule has 0 bridgehead atoms. The molecule has 40 heavy (non-hydrogen) atoms. The zero-order chi connectivity index (χ0) is 48.2. The molecule has 8 aromatic rings. The smallest absolute Gasteiger partial charge is 0.0616 e. The minimum atomic E-state index is -1.00. The van der Waals surface area contributed by atoms with Gasteiger partial charge >= 0.3 is 0 Å². The highest BCUT2D eigenvalue weighted by atomic mass is 14.2. The van der Waals surface area contributed by atoms with Gasteiger partial charge in [-0.05, 0) is 94.6 Å². The second kappa shape index (κ2) is 9.22. The maximum atomic E-state index is 9.67. The van der Waals surface area contributed by atoms with Gasteiger partial charge in [0.25, 0.3) is 0 Å². The molecule has 0 spiro atoms. The minimum absolute atomic E-state index is 0.458. The van der Waals surface area contributed by atoms with Crippen LogP contribution < -0.4 is 0 Å². The van der Waals surface area contributed by atoms with Gasteiger partial charge in [0, 0.05) is 0 Å². The van der Waals surface area contributed by atoms with Gasteiger partial charge in [0.15, 0.2) is 0 Å². The highest BCUT2D eigenvalue weighted by Crippen LogP contribution is 2.44. The zero-order valence-electron chi connectivity index (χ0n) is 45.1. The summed E-state index contributed by atoms with van der Waals surface area (Å²) in [7, 11) is 0. The topological polar surface area (TPSA) is 0 Å². The Kier molecular flexibility index (Phi) is 2.05. The lowest BCUT2D eigenvalue weighted by Crippen LogP contribution is -1.91. The third-order valence-corrected chi connectivity index (χ3v) is 6.33. The lowest BCUT2D eigenvalue weighted by Gasteiger charge is -2.18. The Bertz CT molecular complexity index is 3600. The molecular formula is C40H26. The summed E-state index contributed by atoms with van der Waals surface area (Å²) in [4.78, 5) is 0. The summed E-state index contributed by atoms with van der Waals surface area (Å²) in [5, 5.41) is -4.50. The summed E-state index contributed by atoms with van der Waals surface area (Å²) in [6.45, 7) is 0. The van der Waals surface area contributed by atoms with E-state index in [2.05, 4.69) is 0 Å². The van der Waals surface area contributed by atoms with Gasteiger partial charge in [-0.1, -0.05) is 139 Å². The van der Waals surface area contributed by atoms with E-state index in [0.29, 0.717) is 0 Å². The lowest BCUT2D eigenvalue weighted by molar-refractivity contribution is 1.63. The van der Waals surface area contributed by atoms with E-state index in [4.69, 9.17) is 24.7 Å². The molecule has 0 aliphatic rings.